The Hall–Kier alpha value is -3.06. The van der Waals surface area contributed by atoms with Gasteiger partial charge >= 0.3 is 5.69 Å². The Bertz CT molecular complexity index is 1040. The van der Waals surface area contributed by atoms with E-state index in [1.807, 2.05) is 0 Å². The van der Waals surface area contributed by atoms with Crippen LogP contribution in [0.3, 0.4) is 0 Å². The van der Waals surface area contributed by atoms with Gasteiger partial charge in [-0.25, -0.2) is 4.79 Å². The summed E-state index contributed by atoms with van der Waals surface area (Å²) < 4.78 is 8.10. The number of rotatable bonds is 3. The van der Waals surface area contributed by atoms with Crippen molar-refractivity contribution in [1.29, 1.82) is 0 Å². The van der Waals surface area contributed by atoms with Crippen LogP contribution in [0, 0.1) is 0 Å². The maximum absolute atomic E-state index is 12.7. The van der Waals surface area contributed by atoms with Gasteiger partial charge in [0.15, 0.2) is 5.82 Å². The van der Waals surface area contributed by atoms with Crippen LogP contribution in [-0.4, -0.2) is 38.8 Å². The van der Waals surface area contributed by atoms with Gasteiger partial charge in [-0.15, -0.1) is 5.10 Å². The Balaban J connectivity index is 1.60. The number of nitrogens with zero attached hydrogens (tertiary/aromatic N) is 4. The fraction of sp³-hybridized carbons (Fsp3) is 0.211. The van der Waals surface area contributed by atoms with Crippen LogP contribution < -0.4 is 10.4 Å². The van der Waals surface area contributed by atoms with E-state index in [1.165, 1.54) is 4.68 Å². The van der Waals surface area contributed by atoms with Gasteiger partial charge in [0.05, 0.1) is 19.3 Å². The average molecular weight is 385 g/mol. The summed E-state index contributed by atoms with van der Waals surface area (Å²) in [5, 5.41) is 5.01. The second-order valence-electron chi connectivity index (χ2n) is 6.19. The number of methoxy groups -OCH3 is 1. The van der Waals surface area contributed by atoms with Crippen molar-refractivity contribution in [3.8, 4) is 11.4 Å². The minimum Gasteiger partial charge on any atom is -0.497 e. The molecule has 1 aliphatic rings. The molecule has 3 aromatic rings. The summed E-state index contributed by atoms with van der Waals surface area (Å²) >= 11 is 5.88. The van der Waals surface area contributed by atoms with Crippen molar-refractivity contribution in [2.24, 2.45) is 0 Å². The van der Waals surface area contributed by atoms with E-state index in [1.54, 1.807) is 65.1 Å². The molecule has 2 aromatic carbocycles. The van der Waals surface area contributed by atoms with Crippen molar-refractivity contribution in [2.75, 3.05) is 13.7 Å². The molecule has 2 heterocycles. The van der Waals surface area contributed by atoms with Gasteiger partial charge in [-0.1, -0.05) is 11.6 Å². The smallest absolute Gasteiger partial charge is 0.350 e. The van der Waals surface area contributed by atoms with Crippen LogP contribution in [-0.2, 0) is 13.1 Å². The molecule has 0 radical (unpaired) electrons. The third kappa shape index (κ3) is 3.21. The van der Waals surface area contributed by atoms with Gasteiger partial charge in [0.25, 0.3) is 5.91 Å². The molecule has 4 rings (SSSR count). The van der Waals surface area contributed by atoms with Crippen molar-refractivity contribution in [2.45, 2.75) is 13.1 Å². The Morgan fingerprint density at radius 2 is 1.78 bits per heavy atom. The quantitative estimate of drug-likeness (QED) is 0.695. The molecule has 0 atom stereocenters. The van der Waals surface area contributed by atoms with Crippen LogP contribution in [0.2, 0.25) is 5.02 Å². The molecule has 1 aromatic heterocycles. The molecular formula is C19H17ClN4O3. The minimum atomic E-state index is -0.214. The lowest BCUT2D eigenvalue weighted by Crippen LogP contribution is -2.40. The Kier molecular flexibility index (Phi) is 4.45. The number of halogens is 1. The molecule has 138 valence electrons. The van der Waals surface area contributed by atoms with Gasteiger partial charge in [-0.3, -0.25) is 9.36 Å². The predicted molar refractivity (Wildman–Crippen MR) is 101 cm³/mol. The van der Waals surface area contributed by atoms with Crippen LogP contribution >= 0.6 is 11.6 Å². The molecule has 8 heteroatoms. The van der Waals surface area contributed by atoms with Gasteiger partial charge in [-0.05, 0) is 48.5 Å². The standard InChI is InChI=1S/C19H17ClN4O3/c1-27-16-8-6-15(7-9-16)24-19(26)23-11-10-22(12-17(23)21-24)18(25)13-2-4-14(20)5-3-13/h2-9H,10-12H2,1H3. The van der Waals surface area contributed by atoms with E-state index in [9.17, 15) is 9.59 Å². The van der Waals surface area contributed by atoms with E-state index in [-0.39, 0.29) is 18.1 Å². The molecule has 0 bridgehead atoms. The summed E-state index contributed by atoms with van der Waals surface area (Å²) in [6.07, 6.45) is 0. The highest BCUT2D eigenvalue weighted by Crippen LogP contribution is 2.17. The zero-order chi connectivity index (χ0) is 19.0. The number of hydrogen-bond acceptors (Lipinski definition) is 4. The van der Waals surface area contributed by atoms with Crippen LogP contribution in [0.1, 0.15) is 16.2 Å². The average Bonchev–Trinajstić information content (AvgIpc) is 3.04. The van der Waals surface area contributed by atoms with E-state index in [4.69, 9.17) is 16.3 Å². The lowest BCUT2D eigenvalue weighted by molar-refractivity contribution is 0.0706. The third-order valence-corrected chi connectivity index (χ3v) is 4.81. The maximum Gasteiger partial charge on any atom is 0.350 e. The van der Waals surface area contributed by atoms with Crippen molar-refractivity contribution < 1.29 is 9.53 Å². The van der Waals surface area contributed by atoms with Crippen molar-refractivity contribution >= 4 is 17.5 Å². The highest BCUT2D eigenvalue weighted by Gasteiger charge is 2.26. The minimum absolute atomic E-state index is 0.107. The monoisotopic (exact) mass is 384 g/mol. The predicted octanol–water partition coefficient (Wildman–Crippen LogP) is 2.35. The van der Waals surface area contributed by atoms with Crippen LogP contribution in [0.4, 0.5) is 0 Å². The highest BCUT2D eigenvalue weighted by atomic mass is 35.5. The Morgan fingerprint density at radius 1 is 1.07 bits per heavy atom. The number of amides is 1. The van der Waals surface area contributed by atoms with Crippen LogP contribution in [0.25, 0.3) is 5.69 Å². The fourth-order valence-corrected chi connectivity index (χ4v) is 3.22. The maximum atomic E-state index is 12.7. The molecule has 0 saturated carbocycles. The third-order valence-electron chi connectivity index (χ3n) is 4.56. The summed E-state index contributed by atoms with van der Waals surface area (Å²) in [5.74, 6) is 1.16. The van der Waals surface area contributed by atoms with Gasteiger partial charge < -0.3 is 9.64 Å². The van der Waals surface area contributed by atoms with Crippen molar-refractivity contribution in [1.82, 2.24) is 19.2 Å². The zero-order valence-electron chi connectivity index (χ0n) is 14.6. The molecule has 1 amide bonds. The summed E-state index contributed by atoms with van der Waals surface area (Å²) in [6.45, 7) is 1.13. The summed E-state index contributed by atoms with van der Waals surface area (Å²) in [5.41, 5.74) is 0.997. The first kappa shape index (κ1) is 17.4. The molecule has 7 nitrogen and oxygen atoms in total. The first-order valence-electron chi connectivity index (χ1n) is 8.45. The van der Waals surface area contributed by atoms with Gasteiger partial charge in [0.1, 0.15) is 5.75 Å². The number of aromatic nitrogens is 3. The zero-order valence-corrected chi connectivity index (χ0v) is 15.4. The van der Waals surface area contributed by atoms with E-state index >= 15 is 0 Å². The van der Waals surface area contributed by atoms with E-state index in [0.29, 0.717) is 40.9 Å². The lowest BCUT2D eigenvalue weighted by atomic mass is 10.2. The van der Waals surface area contributed by atoms with E-state index in [2.05, 4.69) is 5.10 Å². The summed E-state index contributed by atoms with van der Waals surface area (Å²) in [7, 11) is 1.59. The Labute approximate surface area is 160 Å². The number of hydrogen-bond donors (Lipinski definition) is 0. The molecule has 0 fully saturated rings. The summed E-state index contributed by atoms with van der Waals surface area (Å²) in [6, 6.07) is 13.9. The molecule has 0 N–H and O–H groups in total. The highest BCUT2D eigenvalue weighted by molar-refractivity contribution is 6.30. The second kappa shape index (κ2) is 6.92. The normalized spacial score (nSPS) is 13.3. The van der Waals surface area contributed by atoms with Crippen molar-refractivity contribution in [3.63, 3.8) is 0 Å². The molecule has 0 saturated heterocycles. The second-order valence-corrected chi connectivity index (χ2v) is 6.63. The SMILES string of the molecule is COc1ccc(-n2nc3n(c2=O)CCN(C(=O)c2ccc(Cl)cc2)C3)cc1. The van der Waals surface area contributed by atoms with Gasteiger partial charge in [-0.2, -0.15) is 4.68 Å². The first-order valence-corrected chi connectivity index (χ1v) is 8.82. The number of ether oxygens (including phenoxy) is 1. The number of carbonyl (C=O) groups excluding carboxylic acids is 1. The number of fused-ring (bicyclic) bond motifs is 1. The Morgan fingerprint density at radius 3 is 2.44 bits per heavy atom. The van der Waals surface area contributed by atoms with Gasteiger partial charge in [0, 0.05) is 23.7 Å². The molecule has 0 unspecified atom stereocenters. The first-order chi connectivity index (χ1) is 13.1. The molecule has 0 aliphatic carbocycles. The van der Waals surface area contributed by atoms with Crippen molar-refractivity contribution in [3.05, 3.63) is 75.4 Å². The largest absolute Gasteiger partial charge is 0.497 e. The summed E-state index contributed by atoms with van der Waals surface area (Å²) in [4.78, 5) is 27.1. The number of benzene rings is 2. The molecule has 1 aliphatic heterocycles. The number of carbonyl (C=O) groups is 1. The van der Waals surface area contributed by atoms with E-state index < -0.39 is 0 Å². The topological polar surface area (TPSA) is 69.4 Å². The molecule has 0 spiro atoms. The van der Waals surface area contributed by atoms with Gasteiger partial charge in [0.2, 0.25) is 0 Å². The molecular weight excluding hydrogens is 368 g/mol. The van der Waals surface area contributed by atoms with Crippen LogP contribution in [0.15, 0.2) is 53.3 Å². The van der Waals surface area contributed by atoms with E-state index in [0.717, 1.165) is 0 Å². The van der Waals surface area contributed by atoms with Crippen LogP contribution in [0.5, 0.6) is 5.75 Å². The fourth-order valence-electron chi connectivity index (χ4n) is 3.09. The molecule has 27 heavy (non-hydrogen) atoms. The lowest BCUT2D eigenvalue weighted by Gasteiger charge is -2.26.